The highest BCUT2D eigenvalue weighted by atomic mass is 35.5. The Hall–Kier alpha value is -3.22. The smallest absolute Gasteiger partial charge is 0.450 e. The van der Waals surface area contributed by atoms with Crippen molar-refractivity contribution < 1.29 is 19.4 Å². The SMILES string of the molecule is O=C(O)OC1Cc2ccccc2N1C1(Cc2cccc(Cl)c2)C(=O)Nc2cc(Cl)ccc21. The molecule has 0 saturated carbocycles. The van der Waals surface area contributed by atoms with Crippen molar-refractivity contribution in [3.8, 4) is 0 Å². The van der Waals surface area contributed by atoms with Gasteiger partial charge in [0, 0.05) is 39.8 Å². The number of nitrogens with one attached hydrogen (secondary N) is 1. The first-order valence-electron chi connectivity index (χ1n) is 10.0. The van der Waals surface area contributed by atoms with E-state index in [4.69, 9.17) is 27.9 Å². The van der Waals surface area contributed by atoms with Gasteiger partial charge in [0.05, 0.1) is 0 Å². The molecule has 32 heavy (non-hydrogen) atoms. The minimum atomic E-state index is -1.40. The number of rotatable bonds is 4. The molecule has 2 N–H and O–H groups in total. The Morgan fingerprint density at radius 2 is 1.88 bits per heavy atom. The van der Waals surface area contributed by atoms with Gasteiger partial charge in [0.15, 0.2) is 11.8 Å². The summed E-state index contributed by atoms with van der Waals surface area (Å²) in [6, 6.07) is 20.0. The topological polar surface area (TPSA) is 78.9 Å². The molecule has 0 spiro atoms. The Balaban J connectivity index is 1.75. The summed E-state index contributed by atoms with van der Waals surface area (Å²) in [4.78, 5) is 27.1. The number of halogens is 2. The number of carbonyl (C=O) groups is 2. The minimum absolute atomic E-state index is 0.252. The Morgan fingerprint density at radius 3 is 2.66 bits per heavy atom. The van der Waals surface area contributed by atoms with Crippen LogP contribution in [0, 0.1) is 0 Å². The molecule has 0 aliphatic carbocycles. The summed E-state index contributed by atoms with van der Waals surface area (Å²) >= 11 is 12.4. The first kappa shape index (κ1) is 20.7. The lowest BCUT2D eigenvalue weighted by Gasteiger charge is -2.42. The highest BCUT2D eigenvalue weighted by Crippen LogP contribution is 2.50. The maximum absolute atomic E-state index is 13.8. The van der Waals surface area contributed by atoms with Gasteiger partial charge in [0.25, 0.3) is 5.91 Å². The molecule has 0 fully saturated rings. The second kappa shape index (κ2) is 7.73. The molecule has 2 unspecified atom stereocenters. The molecule has 0 radical (unpaired) electrons. The highest BCUT2D eigenvalue weighted by Gasteiger charge is 2.56. The maximum atomic E-state index is 13.8. The van der Waals surface area contributed by atoms with Gasteiger partial charge in [-0.05, 0) is 41.5 Å². The zero-order valence-electron chi connectivity index (χ0n) is 16.7. The molecule has 8 heteroatoms. The summed E-state index contributed by atoms with van der Waals surface area (Å²) in [5.41, 5.74) is 2.50. The second-order valence-electron chi connectivity index (χ2n) is 7.85. The third-order valence-corrected chi connectivity index (χ3v) is 6.45. The number of hydrogen-bond donors (Lipinski definition) is 2. The van der Waals surface area contributed by atoms with Gasteiger partial charge in [0.2, 0.25) is 0 Å². The third-order valence-electron chi connectivity index (χ3n) is 5.98. The van der Waals surface area contributed by atoms with E-state index in [9.17, 15) is 14.7 Å². The Labute approximate surface area is 194 Å². The van der Waals surface area contributed by atoms with Gasteiger partial charge >= 0.3 is 6.16 Å². The van der Waals surface area contributed by atoms with Crippen molar-refractivity contribution >= 4 is 46.6 Å². The fourth-order valence-electron chi connectivity index (χ4n) is 4.79. The number of ether oxygens (including phenoxy) is 1. The molecular formula is C24H18Cl2N2O4. The molecule has 5 rings (SSSR count). The van der Waals surface area contributed by atoms with Crippen LogP contribution >= 0.6 is 23.2 Å². The standard InChI is InChI=1S/C24H18Cl2N2O4/c25-16-6-3-4-14(10-16)13-24(18-9-8-17(26)12-19(18)27-22(24)29)28-20-7-2-1-5-15(20)11-21(28)32-23(30)31/h1-10,12,21H,11,13H2,(H,27,29)(H,30,31). The number of anilines is 2. The van der Waals surface area contributed by atoms with E-state index >= 15 is 0 Å². The zero-order valence-corrected chi connectivity index (χ0v) is 18.2. The van der Waals surface area contributed by atoms with Crippen LogP contribution in [0.3, 0.4) is 0 Å². The third kappa shape index (κ3) is 3.27. The fourth-order valence-corrected chi connectivity index (χ4v) is 5.17. The van der Waals surface area contributed by atoms with Crippen LogP contribution in [0.1, 0.15) is 16.7 Å². The van der Waals surface area contributed by atoms with Crippen LogP contribution in [0.2, 0.25) is 10.0 Å². The minimum Gasteiger partial charge on any atom is -0.450 e. The zero-order chi connectivity index (χ0) is 22.5. The van der Waals surface area contributed by atoms with Crippen molar-refractivity contribution in [3.63, 3.8) is 0 Å². The van der Waals surface area contributed by atoms with Gasteiger partial charge < -0.3 is 20.1 Å². The van der Waals surface area contributed by atoms with Crippen LogP contribution in [0.4, 0.5) is 16.2 Å². The van der Waals surface area contributed by atoms with Crippen molar-refractivity contribution in [1.29, 1.82) is 0 Å². The predicted octanol–water partition coefficient (Wildman–Crippen LogP) is 5.47. The van der Waals surface area contributed by atoms with Crippen LogP contribution in [0.5, 0.6) is 0 Å². The van der Waals surface area contributed by atoms with Crippen LogP contribution in [-0.4, -0.2) is 23.4 Å². The normalized spacial score (nSPS) is 21.1. The maximum Gasteiger partial charge on any atom is 0.507 e. The molecule has 162 valence electrons. The molecule has 2 aliphatic rings. The average molecular weight is 469 g/mol. The van der Waals surface area contributed by atoms with Gasteiger partial charge in [0.1, 0.15) is 0 Å². The lowest BCUT2D eigenvalue weighted by Crippen LogP contribution is -2.56. The quantitative estimate of drug-likeness (QED) is 0.496. The van der Waals surface area contributed by atoms with E-state index in [0.717, 1.165) is 16.8 Å². The first-order valence-corrected chi connectivity index (χ1v) is 10.8. The van der Waals surface area contributed by atoms with E-state index < -0.39 is 17.9 Å². The highest BCUT2D eigenvalue weighted by molar-refractivity contribution is 6.31. The van der Waals surface area contributed by atoms with E-state index in [2.05, 4.69) is 5.32 Å². The summed E-state index contributed by atoms with van der Waals surface area (Å²) in [6.07, 6.45) is -1.70. The summed E-state index contributed by atoms with van der Waals surface area (Å²) < 4.78 is 5.30. The van der Waals surface area contributed by atoms with Crippen LogP contribution in [0.25, 0.3) is 0 Å². The largest absolute Gasteiger partial charge is 0.507 e. The average Bonchev–Trinajstić information content (AvgIpc) is 3.22. The summed E-state index contributed by atoms with van der Waals surface area (Å²) in [5.74, 6) is -0.287. The van der Waals surface area contributed by atoms with Crippen molar-refractivity contribution in [3.05, 3.63) is 93.5 Å². The van der Waals surface area contributed by atoms with Crippen molar-refractivity contribution in [2.24, 2.45) is 0 Å². The summed E-state index contributed by atoms with van der Waals surface area (Å²) in [5, 5.41) is 13.4. The van der Waals surface area contributed by atoms with E-state index in [0.29, 0.717) is 27.7 Å². The number of fused-ring (bicyclic) bond motifs is 2. The molecule has 2 aliphatic heterocycles. The molecule has 0 aromatic heterocycles. The molecule has 6 nitrogen and oxygen atoms in total. The van der Waals surface area contributed by atoms with E-state index in [1.807, 2.05) is 36.4 Å². The van der Waals surface area contributed by atoms with Gasteiger partial charge in [-0.1, -0.05) is 59.6 Å². The summed E-state index contributed by atoms with van der Waals surface area (Å²) in [6.45, 7) is 0. The van der Waals surface area contributed by atoms with Crippen molar-refractivity contribution in [2.45, 2.75) is 24.6 Å². The number of para-hydroxylation sites is 1. The van der Waals surface area contributed by atoms with Gasteiger partial charge in [-0.3, -0.25) is 4.79 Å². The number of carboxylic acid groups (broad SMARTS) is 1. The first-order chi connectivity index (χ1) is 15.4. The van der Waals surface area contributed by atoms with Crippen molar-refractivity contribution in [1.82, 2.24) is 0 Å². The van der Waals surface area contributed by atoms with Crippen LogP contribution in [0.15, 0.2) is 66.7 Å². The van der Waals surface area contributed by atoms with E-state index in [1.54, 1.807) is 35.2 Å². The predicted molar refractivity (Wildman–Crippen MR) is 122 cm³/mol. The Kier molecular flexibility index (Phi) is 4.99. The Bertz CT molecular complexity index is 1250. The molecule has 0 bridgehead atoms. The van der Waals surface area contributed by atoms with Gasteiger partial charge in [-0.15, -0.1) is 0 Å². The molecule has 2 heterocycles. The van der Waals surface area contributed by atoms with Crippen LogP contribution < -0.4 is 10.2 Å². The molecular weight excluding hydrogens is 451 g/mol. The molecule has 1 amide bonds. The number of benzene rings is 3. The van der Waals surface area contributed by atoms with Gasteiger partial charge in [-0.2, -0.15) is 0 Å². The molecule has 2 atom stereocenters. The Morgan fingerprint density at radius 1 is 1.09 bits per heavy atom. The van der Waals surface area contributed by atoms with E-state index in [1.165, 1.54) is 0 Å². The monoisotopic (exact) mass is 468 g/mol. The van der Waals surface area contributed by atoms with Crippen LogP contribution in [-0.2, 0) is 27.9 Å². The molecule has 0 saturated heterocycles. The fraction of sp³-hybridized carbons (Fsp3) is 0.167. The van der Waals surface area contributed by atoms with Crippen molar-refractivity contribution in [2.75, 3.05) is 10.2 Å². The molecule has 3 aromatic carbocycles. The number of amides is 1. The van der Waals surface area contributed by atoms with E-state index in [-0.39, 0.29) is 12.3 Å². The lowest BCUT2D eigenvalue weighted by molar-refractivity contribution is -0.121. The number of carbonyl (C=O) groups excluding carboxylic acids is 1. The lowest BCUT2D eigenvalue weighted by atomic mass is 9.82. The number of nitrogens with zero attached hydrogens (tertiary/aromatic N) is 1. The van der Waals surface area contributed by atoms with Gasteiger partial charge in [-0.25, -0.2) is 4.79 Å². The molecule has 3 aromatic rings. The second-order valence-corrected chi connectivity index (χ2v) is 8.73. The number of hydrogen-bond acceptors (Lipinski definition) is 4. The summed E-state index contributed by atoms with van der Waals surface area (Å²) in [7, 11) is 0.